The summed E-state index contributed by atoms with van der Waals surface area (Å²) in [7, 11) is -2.23. The fourth-order valence-electron chi connectivity index (χ4n) is 2.90. The minimum absolute atomic E-state index is 0.299. The van der Waals surface area contributed by atoms with Crippen molar-refractivity contribution in [2.24, 2.45) is 0 Å². The molecule has 0 saturated heterocycles. The first-order chi connectivity index (χ1) is 14.4. The van der Waals surface area contributed by atoms with Crippen molar-refractivity contribution in [3.63, 3.8) is 0 Å². The summed E-state index contributed by atoms with van der Waals surface area (Å²) in [5.41, 5.74) is 0. The molecule has 0 aliphatic rings. The predicted octanol–water partition coefficient (Wildman–Crippen LogP) is 4.11. The van der Waals surface area contributed by atoms with Crippen LogP contribution < -0.4 is 0 Å². The number of ether oxygens (including phenoxy) is 3. The molecule has 30 heavy (non-hydrogen) atoms. The smallest absolute Gasteiger partial charge is 0.330 e. The summed E-state index contributed by atoms with van der Waals surface area (Å²) in [5.74, 6) is -1.33. The van der Waals surface area contributed by atoms with Gasteiger partial charge in [0.25, 0.3) is 0 Å². The summed E-state index contributed by atoms with van der Waals surface area (Å²) >= 11 is 0. The van der Waals surface area contributed by atoms with Gasteiger partial charge in [-0.3, -0.25) is 0 Å². The Kier molecular flexibility index (Phi) is 16.4. The molecule has 0 bridgehead atoms. The molecule has 0 heterocycles. The molecule has 0 aromatic heterocycles. The number of carbonyl (C=O) groups excluding carboxylic acids is 3. The molecule has 8 heteroatoms. The molecule has 0 rings (SSSR count). The molecule has 0 saturated carbocycles. The number of unbranched alkanes of at least 4 members (excludes halogenated alkanes) is 1. The second-order valence-corrected chi connectivity index (χ2v) is 11.0. The summed E-state index contributed by atoms with van der Waals surface area (Å²) in [6.45, 7) is 13.8. The van der Waals surface area contributed by atoms with Crippen molar-refractivity contribution >= 4 is 26.2 Å². The minimum Gasteiger partial charge on any atom is -0.463 e. The van der Waals surface area contributed by atoms with Gasteiger partial charge in [0.15, 0.2) is 8.32 Å². The van der Waals surface area contributed by atoms with Gasteiger partial charge in [-0.1, -0.05) is 33.1 Å². The van der Waals surface area contributed by atoms with Crippen LogP contribution in [-0.4, -0.2) is 52.7 Å². The zero-order valence-corrected chi connectivity index (χ0v) is 19.2. The molecule has 0 radical (unpaired) electrons. The zero-order chi connectivity index (χ0) is 22.7. The Balaban J connectivity index is 4.96. The monoisotopic (exact) mass is 440 g/mol. The second kappa shape index (κ2) is 17.6. The Bertz CT molecular complexity index is 490. The summed E-state index contributed by atoms with van der Waals surface area (Å²) in [6.07, 6.45) is 7.44. The molecule has 0 aliphatic carbocycles. The Morgan fingerprint density at radius 3 is 1.33 bits per heavy atom. The van der Waals surface area contributed by atoms with E-state index >= 15 is 0 Å². The number of esters is 3. The average Bonchev–Trinajstić information content (AvgIpc) is 2.76. The SMILES string of the molecule is C=CC(=O)OCCC[Si](CCCOC(=O)C=C)(CCCOC(=O)C=C)OCCCC. The van der Waals surface area contributed by atoms with Crippen LogP contribution in [0.1, 0.15) is 39.0 Å². The first-order valence-electron chi connectivity index (χ1n) is 10.4. The largest absolute Gasteiger partial charge is 0.463 e. The molecule has 0 spiro atoms. The highest BCUT2D eigenvalue weighted by molar-refractivity contribution is 6.73. The van der Waals surface area contributed by atoms with E-state index in [0.29, 0.717) is 45.7 Å². The summed E-state index contributed by atoms with van der Waals surface area (Å²) in [5, 5.41) is 0. The molecule has 170 valence electrons. The highest BCUT2D eigenvalue weighted by Crippen LogP contribution is 2.28. The lowest BCUT2D eigenvalue weighted by molar-refractivity contribution is -0.138. The maximum absolute atomic E-state index is 11.3. The topological polar surface area (TPSA) is 88.1 Å². The van der Waals surface area contributed by atoms with Gasteiger partial charge in [-0.15, -0.1) is 0 Å². The van der Waals surface area contributed by atoms with Gasteiger partial charge in [-0.05, 0) is 43.8 Å². The van der Waals surface area contributed by atoms with Crippen LogP contribution in [0.15, 0.2) is 38.0 Å². The van der Waals surface area contributed by atoms with E-state index in [0.717, 1.165) is 49.2 Å². The maximum Gasteiger partial charge on any atom is 0.330 e. The lowest BCUT2D eigenvalue weighted by Gasteiger charge is -2.32. The normalized spacial score (nSPS) is 10.7. The van der Waals surface area contributed by atoms with Crippen molar-refractivity contribution < 1.29 is 33.0 Å². The lowest BCUT2D eigenvalue weighted by atomic mass is 10.4. The molecular weight excluding hydrogens is 404 g/mol. The van der Waals surface area contributed by atoms with Gasteiger partial charge in [0.1, 0.15) is 0 Å². The maximum atomic E-state index is 11.3. The zero-order valence-electron chi connectivity index (χ0n) is 18.2. The van der Waals surface area contributed by atoms with Gasteiger partial charge in [0.05, 0.1) is 19.8 Å². The van der Waals surface area contributed by atoms with Gasteiger partial charge < -0.3 is 18.6 Å². The molecule has 7 nitrogen and oxygen atoms in total. The summed E-state index contributed by atoms with van der Waals surface area (Å²) in [6, 6.07) is 2.39. The van der Waals surface area contributed by atoms with Crippen molar-refractivity contribution in [3.8, 4) is 0 Å². The van der Waals surface area contributed by atoms with Crippen molar-refractivity contribution in [1.82, 2.24) is 0 Å². The Morgan fingerprint density at radius 1 is 0.667 bits per heavy atom. The number of hydrogen-bond donors (Lipinski definition) is 0. The van der Waals surface area contributed by atoms with Crippen LogP contribution in [-0.2, 0) is 33.0 Å². The van der Waals surface area contributed by atoms with Crippen molar-refractivity contribution in [2.45, 2.75) is 57.2 Å². The Labute approximate surface area is 181 Å². The predicted molar refractivity (Wildman–Crippen MR) is 118 cm³/mol. The molecule has 0 amide bonds. The molecule has 0 unspecified atom stereocenters. The third kappa shape index (κ3) is 13.9. The Hall–Kier alpha value is -2.19. The number of carbonyl (C=O) groups is 3. The van der Waals surface area contributed by atoms with Gasteiger partial charge >= 0.3 is 17.9 Å². The fraction of sp³-hybridized carbons (Fsp3) is 0.591. The van der Waals surface area contributed by atoms with E-state index in [1.807, 2.05) is 0 Å². The molecule has 0 aromatic carbocycles. The molecule has 0 N–H and O–H groups in total. The van der Waals surface area contributed by atoms with E-state index in [1.54, 1.807) is 0 Å². The van der Waals surface area contributed by atoms with Crippen LogP contribution >= 0.6 is 0 Å². The van der Waals surface area contributed by atoms with E-state index in [1.165, 1.54) is 0 Å². The van der Waals surface area contributed by atoms with Crippen molar-refractivity contribution in [1.29, 1.82) is 0 Å². The minimum atomic E-state index is -2.23. The molecular formula is C22H36O7Si. The fourth-order valence-corrected chi connectivity index (χ4v) is 7.03. The Morgan fingerprint density at radius 2 is 1.03 bits per heavy atom. The van der Waals surface area contributed by atoms with Gasteiger partial charge in [-0.25, -0.2) is 14.4 Å². The molecule has 0 aromatic rings. The van der Waals surface area contributed by atoms with Crippen LogP contribution in [0.4, 0.5) is 0 Å². The second-order valence-electron chi connectivity index (χ2n) is 6.81. The standard InChI is InChI=1S/C22H36O7Si/c1-5-9-16-29-30(17-10-13-26-20(23)6-2,18-11-14-27-21(24)7-3)19-12-15-28-22(25)8-4/h6-8H,2-5,9-19H2,1H3. The van der Waals surface area contributed by atoms with Crippen LogP contribution in [0.25, 0.3) is 0 Å². The van der Waals surface area contributed by atoms with E-state index < -0.39 is 26.2 Å². The van der Waals surface area contributed by atoms with E-state index in [-0.39, 0.29) is 0 Å². The summed E-state index contributed by atoms with van der Waals surface area (Å²) < 4.78 is 21.7. The molecule has 0 fully saturated rings. The van der Waals surface area contributed by atoms with Crippen LogP contribution in [0, 0.1) is 0 Å². The quantitative estimate of drug-likeness (QED) is 0.0982. The van der Waals surface area contributed by atoms with E-state index in [9.17, 15) is 14.4 Å². The number of rotatable bonds is 19. The number of hydrogen-bond acceptors (Lipinski definition) is 7. The van der Waals surface area contributed by atoms with E-state index in [2.05, 4.69) is 26.7 Å². The third-order valence-electron chi connectivity index (χ3n) is 4.47. The molecule has 0 aliphatic heterocycles. The van der Waals surface area contributed by atoms with Crippen molar-refractivity contribution in [3.05, 3.63) is 38.0 Å². The van der Waals surface area contributed by atoms with Gasteiger partial charge in [0.2, 0.25) is 0 Å². The first-order valence-corrected chi connectivity index (χ1v) is 13.0. The molecule has 0 atom stereocenters. The van der Waals surface area contributed by atoms with Gasteiger partial charge in [0, 0.05) is 24.8 Å². The van der Waals surface area contributed by atoms with Gasteiger partial charge in [-0.2, -0.15) is 0 Å². The first kappa shape index (κ1) is 27.8. The van der Waals surface area contributed by atoms with Crippen LogP contribution in [0.5, 0.6) is 0 Å². The third-order valence-corrected chi connectivity index (χ3v) is 9.08. The average molecular weight is 441 g/mol. The van der Waals surface area contributed by atoms with Crippen LogP contribution in [0.2, 0.25) is 18.1 Å². The lowest BCUT2D eigenvalue weighted by Crippen LogP contribution is -2.39. The van der Waals surface area contributed by atoms with E-state index in [4.69, 9.17) is 18.6 Å². The van der Waals surface area contributed by atoms with Crippen LogP contribution in [0.3, 0.4) is 0 Å². The van der Waals surface area contributed by atoms with Crippen molar-refractivity contribution in [2.75, 3.05) is 26.4 Å². The highest BCUT2D eigenvalue weighted by Gasteiger charge is 2.34. The summed E-state index contributed by atoms with van der Waals surface area (Å²) in [4.78, 5) is 33.8. The highest BCUT2D eigenvalue weighted by atomic mass is 28.4.